The third-order valence-corrected chi connectivity index (χ3v) is 3.32. The molecular weight excluding hydrogens is 267 g/mol. The molecule has 0 spiro atoms. The highest BCUT2D eigenvalue weighted by molar-refractivity contribution is 5.92. The minimum atomic E-state index is -0.321. The summed E-state index contributed by atoms with van der Waals surface area (Å²) >= 11 is 0. The van der Waals surface area contributed by atoms with Crippen LogP contribution < -0.4 is 10.6 Å². The zero-order chi connectivity index (χ0) is 15.2. The maximum absolute atomic E-state index is 13.4. The number of halogens is 1. The molecule has 2 aromatic carbocycles. The molecule has 0 saturated heterocycles. The lowest BCUT2D eigenvalue weighted by Crippen LogP contribution is -2.30. The Hall–Kier alpha value is -2.20. The summed E-state index contributed by atoms with van der Waals surface area (Å²) in [7, 11) is 0. The molecule has 4 heteroatoms. The fourth-order valence-electron chi connectivity index (χ4n) is 1.98. The third kappa shape index (κ3) is 4.39. The average Bonchev–Trinajstić information content (AvgIpc) is 2.49. The smallest absolute Gasteiger partial charge is 0.238 e. The average molecular weight is 286 g/mol. The Morgan fingerprint density at radius 2 is 1.90 bits per heavy atom. The lowest BCUT2D eigenvalue weighted by Gasteiger charge is -2.14. The summed E-state index contributed by atoms with van der Waals surface area (Å²) in [6.07, 6.45) is 0. The number of hydrogen-bond donors (Lipinski definition) is 2. The molecule has 0 aliphatic rings. The minimum Gasteiger partial charge on any atom is -0.325 e. The predicted octanol–water partition coefficient (Wildman–Crippen LogP) is 3.42. The van der Waals surface area contributed by atoms with Crippen LogP contribution >= 0.6 is 0 Å². The van der Waals surface area contributed by atoms with E-state index in [1.807, 2.05) is 37.3 Å². The van der Waals surface area contributed by atoms with E-state index in [0.717, 1.165) is 5.56 Å². The van der Waals surface area contributed by atoms with Gasteiger partial charge in [-0.25, -0.2) is 4.39 Å². The van der Waals surface area contributed by atoms with E-state index >= 15 is 0 Å². The number of aryl methyl sites for hydroxylation is 1. The lowest BCUT2D eigenvalue weighted by atomic mass is 10.1. The van der Waals surface area contributed by atoms with Crippen LogP contribution in [0.2, 0.25) is 0 Å². The predicted molar refractivity (Wildman–Crippen MR) is 82.6 cm³/mol. The van der Waals surface area contributed by atoms with Crippen molar-refractivity contribution in [2.75, 3.05) is 11.9 Å². The monoisotopic (exact) mass is 286 g/mol. The molecule has 0 saturated carbocycles. The quantitative estimate of drug-likeness (QED) is 0.884. The van der Waals surface area contributed by atoms with Crippen molar-refractivity contribution in [2.45, 2.75) is 19.9 Å². The van der Waals surface area contributed by atoms with E-state index in [4.69, 9.17) is 0 Å². The minimum absolute atomic E-state index is 0.0757. The van der Waals surface area contributed by atoms with Crippen LogP contribution in [-0.2, 0) is 4.79 Å². The fraction of sp³-hybridized carbons (Fsp3) is 0.235. The maximum Gasteiger partial charge on any atom is 0.238 e. The maximum atomic E-state index is 13.4. The van der Waals surface area contributed by atoms with Gasteiger partial charge < -0.3 is 10.6 Å². The van der Waals surface area contributed by atoms with Crippen LogP contribution in [0.4, 0.5) is 10.1 Å². The van der Waals surface area contributed by atoms with Crippen LogP contribution in [0, 0.1) is 12.7 Å². The molecule has 0 bridgehead atoms. The van der Waals surface area contributed by atoms with Gasteiger partial charge in [0, 0.05) is 11.7 Å². The first-order valence-corrected chi connectivity index (χ1v) is 6.90. The Morgan fingerprint density at radius 1 is 1.19 bits per heavy atom. The van der Waals surface area contributed by atoms with Gasteiger partial charge in [-0.2, -0.15) is 0 Å². The van der Waals surface area contributed by atoms with Gasteiger partial charge in [0.1, 0.15) is 5.82 Å². The van der Waals surface area contributed by atoms with Crippen LogP contribution in [0.3, 0.4) is 0 Å². The van der Waals surface area contributed by atoms with Gasteiger partial charge in [-0.3, -0.25) is 4.79 Å². The normalized spacial score (nSPS) is 12.0. The van der Waals surface area contributed by atoms with Crippen LogP contribution in [0.25, 0.3) is 0 Å². The van der Waals surface area contributed by atoms with Gasteiger partial charge in [-0.1, -0.05) is 36.4 Å². The summed E-state index contributed by atoms with van der Waals surface area (Å²) in [6.45, 7) is 3.85. The van der Waals surface area contributed by atoms with Gasteiger partial charge >= 0.3 is 0 Å². The largest absolute Gasteiger partial charge is 0.325 e. The summed E-state index contributed by atoms with van der Waals surface area (Å²) in [5.41, 5.74) is 2.15. The number of hydrogen-bond acceptors (Lipinski definition) is 2. The zero-order valence-corrected chi connectivity index (χ0v) is 12.2. The van der Waals surface area contributed by atoms with Crippen LogP contribution in [0.1, 0.15) is 24.1 Å². The van der Waals surface area contributed by atoms with Crippen LogP contribution in [0.15, 0.2) is 48.5 Å². The molecule has 0 aromatic heterocycles. The molecular formula is C17H19FN2O. The van der Waals surface area contributed by atoms with Crippen molar-refractivity contribution in [3.05, 3.63) is 65.5 Å². The van der Waals surface area contributed by atoms with Crippen molar-refractivity contribution in [1.82, 2.24) is 5.32 Å². The molecule has 2 aromatic rings. The van der Waals surface area contributed by atoms with Crippen LogP contribution in [0.5, 0.6) is 0 Å². The second-order valence-corrected chi connectivity index (χ2v) is 5.03. The first-order chi connectivity index (χ1) is 10.1. The Morgan fingerprint density at radius 3 is 2.57 bits per heavy atom. The van der Waals surface area contributed by atoms with Crippen molar-refractivity contribution in [1.29, 1.82) is 0 Å². The second kappa shape index (κ2) is 6.99. The lowest BCUT2D eigenvalue weighted by molar-refractivity contribution is -0.115. The number of carbonyl (C=O) groups is 1. The highest BCUT2D eigenvalue weighted by Crippen LogP contribution is 2.14. The fourth-order valence-corrected chi connectivity index (χ4v) is 1.98. The standard InChI is InChI=1S/C17H19FN2O/c1-12-8-9-15(10-16(12)18)20-17(21)11-19-13(2)14-6-4-3-5-7-14/h3-10,13,19H,11H2,1-2H3,(H,20,21). The van der Waals surface area contributed by atoms with Gasteiger partial charge in [-0.05, 0) is 37.1 Å². The van der Waals surface area contributed by atoms with E-state index in [9.17, 15) is 9.18 Å². The SMILES string of the molecule is Cc1ccc(NC(=O)CNC(C)c2ccccc2)cc1F. The topological polar surface area (TPSA) is 41.1 Å². The molecule has 0 aliphatic heterocycles. The number of nitrogens with one attached hydrogen (secondary N) is 2. The number of carbonyl (C=O) groups excluding carboxylic acids is 1. The summed E-state index contributed by atoms with van der Waals surface area (Å²) in [5.74, 6) is -0.514. The highest BCUT2D eigenvalue weighted by Gasteiger charge is 2.08. The summed E-state index contributed by atoms with van der Waals surface area (Å²) in [5, 5.41) is 5.81. The molecule has 0 fully saturated rings. The van der Waals surface area contributed by atoms with E-state index < -0.39 is 0 Å². The zero-order valence-electron chi connectivity index (χ0n) is 12.2. The molecule has 1 atom stereocenters. The molecule has 1 amide bonds. The van der Waals surface area contributed by atoms with Gasteiger partial charge in [0.05, 0.1) is 6.54 Å². The third-order valence-electron chi connectivity index (χ3n) is 3.32. The molecule has 2 N–H and O–H groups in total. The van der Waals surface area contributed by atoms with Crippen LogP contribution in [-0.4, -0.2) is 12.5 Å². The molecule has 21 heavy (non-hydrogen) atoms. The Labute approximate surface area is 124 Å². The first-order valence-electron chi connectivity index (χ1n) is 6.90. The molecule has 0 aliphatic carbocycles. The van der Waals surface area contributed by atoms with E-state index in [0.29, 0.717) is 11.3 Å². The number of benzene rings is 2. The summed E-state index contributed by atoms with van der Waals surface area (Å²) < 4.78 is 13.4. The van der Waals surface area contributed by atoms with E-state index in [1.54, 1.807) is 19.1 Å². The summed E-state index contributed by atoms with van der Waals surface area (Å²) in [4.78, 5) is 11.8. The summed E-state index contributed by atoms with van der Waals surface area (Å²) in [6, 6.07) is 14.6. The Bertz CT molecular complexity index is 613. The molecule has 1 unspecified atom stereocenters. The van der Waals surface area contributed by atoms with Crippen molar-refractivity contribution in [3.63, 3.8) is 0 Å². The molecule has 110 valence electrons. The second-order valence-electron chi connectivity index (χ2n) is 5.03. The number of rotatable bonds is 5. The molecule has 3 nitrogen and oxygen atoms in total. The Kier molecular flexibility index (Phi) is 5.06. The van der Waals surface area contributed by atoms with E-state index in [-0.39, 0.29) is 24.3 Å². The first kappa shape index (κ1) is 15.2. The van der Waals surface area contributed by atoms with Crippen molar-refractivity contribution >= 4 is 11.6 Å². The highest BCUT2D eigenvalue weighted by atomic mass is 19.1. The Balaban J connectivity index is 1.86. The molecule has 0 heterocycles. The molecule has 2 rings (SSSR count). The van der Waals surface area contributed by atoms with Crippen molar-refractivity contribution in [3.8, 4) is 0 Å². The van der Waals surface area contributed by atoms with E-state index in [2.05, 4.69) is 10.6 Å². The van der Waals surface area contributed by atoms with E-state index in [1.165, 1.54) is 6.07 Å². The number of anilines is 1. The molecule has 0 radical (unpaired) electrons. The van der Waals surface area contributed by atoms with Gasteiger partial charge in [0.15, 0.2) is 0 Å². The van der Waals surface area contributed by atoms with Gasteiger partial charge in [-0.15, -0.1) is 0 Å². The van der Waals surface area contributed by atoms with Crippen molar-refractivity contribution in [2.24, 2.45) is 0 Å². The number of amides is 1. The van der Waals surface area contributed by atoms with Gasteiger partial charge in [0.25, 0.3) is 0 Å². The van der Waals surface area contributed by atoms with Gasteiger partial charge in [0.2, 0.25) is 5.91 Å². The van der Waals surface area contributed by atoms with Crippen molar-refractivity contribution < 1.29 is 9.18 Å².